The van der Waals surface area contributed by atoms with E-state index in [0.29, 0.717) is 24.4 Å². The van der Waals surface area contributed by atoms with Crippen molar-refractivity contribution in [3.8, 4) is 11.3 Å². The molecular weight excluding hydrogens is 384 g/mol. The van der Waals surface area contributed by atoms with E-state index in [-0.39, 0.29) is 18.8 Å². The normalized spacial score (nSPS) is 15.7. The Morgan fingerprint density at radius 1 is 1.34 bits per heavy atom. The second-order valence-electron chi connectivity index (χ2n) is 9.10. The number of aryl methyl sites for hydroxylation is 1. The number of aromatic nitrogens is 2. The van der Waals surface area contributed by atoms with Gasteiger partial charge in [0, 0.05) is 39.9 Å². The molecule has 1 aromatic carbocycles. The Morgan fingerprint density at radius 3 is 2.72 bits per heavy atom. The van der Waals surface area contributed by atoms with Crippen molar-refractivity contribution in [2.75, 3.05) is 33.2 Å². The highest BCUT2D eigenvalue weighted by Crippen LogP contribution is 2.42. The standard InChI is InChI=1S/C21H32N4O3Si/c1-14-9-15-18(28-13-27-7-8-29(4,5)6)12-25-20(17(22)11-23-25)19(15)16(10-14)21(26)24(2)3/h9-11,18H,7-8,12-13,22H2,1-6H3. The molecule has 0 saturated carbocycles. The largest absolute Gasteiger partial charge is 0.396 e. The molecule has 0 aliphatic carbocycles. The molecule has 8 heteroatoms. The van der Waals surface area contributed by atoms with Crippen LogP contribution in [-0.4, -0.2) is 56.2 Å². The molecule has 0 radical (unpaired) electrons. The fourth-order valence-corrected chi connectivity index (χ4v) is 4.28. The summed E-state index contributed by atoms with van der Waals surface area (Å²) in [5.74, 6) is -0.0656. The molecule has 1 aliphatic heterocycles. The van der Waals surface area contributed by atoms with Crippen molar-refractivity contribution in [3.05, 3.63) is 35.0 Å². The zero-order valence-corrected chi connectivity index (χ0v) is 19.3. The minimum absolute atomic E-state index is 0.0656. The summed E-state index contributed by atoms with van der Waals surface area (Å²) in [5, 5.41) is 4.40. The molecule has 3 rings (SSSR count). The monoisotopic (exact) mass is 416 g/mol. The number of carbonyl (C=O) groups is 1. The first-order chi connectivity index (χ1) is 13.6. The van der Waals surface area contributed by atoms with Crippen LogP contribution in [0.3, 0.4) is 0 Å². The molecule has 0 saturated heterocycles. The minimum atomic E-state index is -1.14. The van der Waals surface area contributed by atoms with Crippen LogP contribution in [0.15, 0.2) is 18.3 Å². The predicted octanol–water partition coefficient (Wildman–Crippen LogP) is 3.53. The quantitative estimate of drug-likeness (QED) is 0.424. The van der Waals surface area contributed by atoms with E-state index in [9.17, 15) is 4.79 Å². The molecule has 1 unspecified atom stereocenters. The number of nitrogens with two attached hydrogens (primary N) is 1. The van der Waals surface area contributed by atoms with Crippen LogP contribution in [-0.2, 0) is 16.0 Å². The summed E-state index contributed by atoms with van der Waals surface area (Å²) in [6.07, 6.45) is 1.38. The molecule has 2 heterocycles. The lowest BCUT2D eigenvalue weighted by Crippen LogP contribution is -2.27. The third kappa shape index (κ3) is 4.71. The Bertz CT molecular complexity index is 902. The maximum atomic E-state index is 12.9. The van der Waals surface area contributed by atoms with Crippen LogP contribution >= 0.6 is 0 Å². The van der Waals surface area contributed by atoms with Crippen LogP contribution in [0.25, 0.3) is 11.3 Å². The van der Waals surface area contributed by atoms with E-state index < -0.39 is 8.07 Å². The van der Waals surface area contributed by atoms with Crippen LogP contribution in [0.4, 0.5) is 5.69 Å². The van der Waals surface area contributed by atoms with E-state index in [2.05, 4.69) is 30.8 Å². The fourth-order valence-electron chi connectivity index (χ4n) is 3.52. The molecule has 1 atom stereocenters. The van der Waals surface area contributed by atoms with Crippen molar-refractivity contribution in [1.82, 2.24) is 14.7 Å². The van der Waals surface area contributed by atoms with Gasteiger partial charge in [0.25, 0.3) is 5.91 Å². The molecule has 2 N–H and O–H groups in total. The maximum Gasteiger partial charge on any atom is 0.254 e. The Labute approximate surface area is 173 Å². The smallest absolute Gasteiger partial charge is 0.254 e. The zero-order valence-electron chi connectivity index (χ0n) is 18.3. The highest BCUT2D eigenvalue weighted by atomic mass is 28.3. The number of carbonyl (C=O) groups excluding carboxylic acids is 1. The van der Waals surface area contributed by atoms with Gasteiger partial charge in [0.15, 0.2) is 0 Å². The van der Waals surface area contributed by atoms with Gasteiger partial charge in [-0.15, -0.1) is 0 Å². The highest BCUT2D eigenvalue weighted by molar-refractivity contribution is 6.76. The fraction of sp³-hybridized carbons (Fsp3) is 0.524. The van der Waals surface area contributed by atoms with Gasteiger partial charge in [-0.25, -0.2) is 0 Å². The summed E-state index contributed by atoms with van der Waals surface area (Å²) in [7, 11) is 2.36. The molecule has 1 aliphatic rings. The highest BCUT2D eigenvalue weighted by Gasteiger charge is 2.32. The molecule has 7 nitrogen and oxygen atoms in total. The number of benzene rings is 1. The van der Waals surface area contributed by atoms with Gasteiger partial charge < -0.3 is 20.1 Å². The van der Waals surface area contributed by atoms with Gasteiger partial charge >= 0.3 is 0 Å². The van der Waals surface area contributed by atoms with Gasteiger partial charge in [0.2, 0.25) is 0 Å². The molecule has 29 heavy (non-hydrogen) atoms. The SMILES string of the molecule is Cc1cc(C(=O)N(C)C)c2c(c1)C(OCOCC[Si](C)(C)C)Cn1ncc(N)c1-2. The second-order valence-corrected chi connectivity index (χ2v) is 14.7. The first-order valence-electron chi connectivity index (χ1n) is 9.95. The van der Waals surface area contributed by atoms with Crippen molar-refractivity contribution >= 4 is 19.7 Å². The van der Waals surface area contributed by atoms with Crippen LogP contribution in [0.5, 0.6) is 0 Å². The Kier molecular flexibility index (Phi) is 6.16. The van der Waals surface area contributed by atoms with Crippen molar-refractivity contribution in [1.29, 1.82) is 0 Å². The molecule has 0 bridgehead atoms. The summed E-state index contributed by atoms with van der Waals surface area (Å²) < 4.78 is 13.7. The van der Waals surface area contributed by atoms with Crippen LogP contribution in [0.2, 0.25) is 25.7 Å². The number of rotatable bonds is 7. The van der Waals surface area contributed by atoms with Crippen molar-refractivity contribution < 1.29 is 14.3 Å². The number of ether oxygens (including phenoxy) is 2. The number of nitrogens with zero attached hydrogens (tertiary/aromatic N) is 3. The number of anilines is 1. The lowest BCUT2D eigenvalue weighted by molar-refractivity contribution is -0.0939. The van der Waals surface area contributed by atoms with E-state index in [0.717, 1.165) is 28.4 Å². The van der Waals surface area contributed by atoms with Gasteiger partial charge in [0.05, 0.1) is 24.1 Å². The summed E-state index contributed by atoms with van der Waals surface area (Å²) in [4.78, 5) is 14.5. The molecule has 0 fully saturated rings. The third-order valence-electron chi connectivity index (χ3n) is 5.09. The van der Waals surface area contributed by atoms with Crippen LogP contribution in [0, 0.1) is 6.92 Å². The lowest BCUT2D eigenvalue weighted by Gasteiger charge is -2.29. The number of hydrogen-bond donors (Lipinski definition) is 1. The van der Waals surface area contributed by atoms with Gasteiger partial charge in [-0.3, -0.25) is 9.48 Å². The molecule has 2 aromatic rings. The topological polar surface area (TPSA) is 82.6 Å². The van der Waals surface area contributed by atoms with Crippen LogP contribution < -0.4 is 5.73 Å². The molecule has 0 spiro atoms. The average molecular weight is 417 g/mol. The first kappa shape index (κ1) is 21.5. The van der Waals surface area contributed by atoms with Crippen molar-refractivity contribution in [2.24, 2.45) is 0 Å². The maximum absolute atomic E-state index is 12.9. The van der Waals surface area contributed by atoms with Gasteiger partial charge in [0.1, 0.15) is 12.9 Å². The Balaban J connectivity index is 1.91. The molecule has 158 valence electrons. The second kappa shape index (κ2) is 8.29. The average Bonchev–Trinajstić information content (AvgIpc) is 2.99. The van der Waals surface area contributed by atoms with Crippen molar-refractivity contribution in [3.63, 3.8) is 0 Å². The number of hydrogen-bond acceptors (Lipinski definition) is 5. The Hall–Kier alpha value is -2.16. The number of nitrogen functional groups attached to an aromatic ring is 1. The summed E-state index contributed by atoms with van der Waals surface area (Å²) >= 11 is 0. The minimum Gasteiger partial charge on any atom is -0.396 e. The first-order valence-corrected chi connectivity index (χ1v) is 13.7. The van der Waals surface area contributed by atoms with E-state index >= 15 is 0 Å². The summed E-state index contributed by atoms with van der Waals surface area (Å²) in [5.41, 5.74) is 11.0. The predicted molar refractivity (Wildman–Crippen MR) is 118 cm³/mol. The van der Waals surface area contributed by atoms with Gasteiger partial charge in [-0.1, -0.05) is 25.7 Å². The van der Waals surface area contributed by atoms with E-state index in [4.69, 9.17) is 15.2 Å². The number of amides is 1. The van der Waals surface area contributed by atoms with E-state index in [1.54, 1.807) is 25.2 Å². The van der Waals surface area contributed by atoms with Crippen LogP contribution in [0.1, 0.15) is 27.6 Å². The molecular formula is C21H32N4O3Si. The lowest BCUT2D eigenvalue weighted by atomic mass is 9.89. The number of fused-ring (bicyclic) bond motifs is 3. The molecule has 1 aromatic heterocycles. The molecule has 1 amide bonds. The summed E-state index contributed by atoms with van der Waals surface area (Å²) in [6.45, 7) is 10.4. The summed E-state index contributed by atoms with van der Waals surface area (Å²) in [6, 6.07) is 5.08. The zero-order chi connectivity index (χ0) is 21.3. The van der Waals surface area contributed by atoms with Crippen molar-refractivity contribution in [2.45, 2.75) is 45.3 Å². The van der Waals surface area contributed by atoms with E-state index in [1.165, 1.54) is 0 Å². The third-order valence-corrected chi connectivity index (χ3v) is 6.79. The van der Waals surface area contributed by atoms with Gasteiger partial charge in [-0.2, -0.15) is 5.10 Å². The van der Waals surface area contributed by atoms with Gasteiger partial charge in [-0.05, 0) is 30.2 Å². The van der Waals surface area contributed by atoms with E-state index in [1.807, 2.05) is 17.7 Å². The Morgan fingerprint density at radius 2 is 2.07 bits per heavy atom.